The Balaban J connectivity index is 1.20. The first-order valence-electron chi connectivity index (χ1n) is 33.5. The summed E-state index contributed by atoms with van der Waals surface area (Å²) in [6, 6.07) is 59.2. The van der Waals surface area contributed by atoms with Gasteiger partial charge < -0.3 is 9.80 Å². The second-order valence-electron chi connectivity index (χ2n) is 33.2. The number of aromatic nitrogens is 1. The smallest absolute Gasteiger partial charge is 0.252 e. The highest BCUT2D eigenvalue weighted by Crippen LogP contribution is 2.49. The highest BCUT2D eigenvalue weighted by atomic mass is 15.2. The minimum Gasteiger partial charge on any atom is -0.311 e. The highest BCUT2D eigenvalue weighted by Gasteiger charge is 2.45. The molecule has 3 heterocycles. The maximum absolute atomic E-state index is 6.00. The third kappa shape index (κ3) is 11.9. The van der Waals surface area contributed by atoms with E-state index in [1.54, 1.807) is 0 Å². The molecule has 2 aliphatic heterocycles. The Morgan fingerprint density at radius 1 is 0.310 bits per heavy atom. The van der Waals surface area contributed by atoms with Gasteiger partial charge in [-0.25, -0.2) is 4.98 Å². The number of hydrogen-bond acceptors (Lipinski definition) is 3. The van der Waals surface area contributed by atoms with Crippen molar-refractivity contribution in [2.24, 2.45) is 0 Å². The fraction of sp³-hybridized carbons (Fsp3) is 0.434. The molecular formula is C83H100BN3. The lowest BCUT2D eigenvalue weighted by molar-refractivity contribution is 0.444. The number of benzene rings is 7. The molecule has 2 fully saturated rings. The predicted molar refractivity (Wildman–Crippen MR) is 378 cm³/mol. The average Bonchev–Trinajstić information content (AvgIpc) is 0.828. The van der Waals surface area contributed by atoms with Gasteiger partial charge in [-0.05, 0) is 215 Å². The van der Waals surface area contributed by atoms with Crippen LogP contribution in [0.15, 0.2) is 146 Å². The second-order valence-corrected chi connectivity index (χ2v) is 33.2. The normalized spacial score (nSPS) is 16.2. The first-order chi connectivity index (χ1) is 40.9. The minimum atomic E-state index is -0.0687. The Morgan fingerprint density at radius 3 is 0.977 bits per heavy atom. The molecule has 12 rings (SSSR count). The zero-order chi connectivity index (χ0) is 61.9. The molecule has 2 aliphatic carbocycles. The summed E-state index contributed by atoms with van der Waals surface area (Å²) in [6.07, 6.45) is 12.9. The van der Waals surface area contributed by atoms with Gasteiger partial charge in [0, 0.05) is 45.3 Å². The van der Waals surface area contributed by atoms with Gasteiger partial charge in [0.25, 0.3) is 6.71 Å². The number of nitrogens with zero attached hydrogens (tertiary/aromatic N) is 3. The summed E-state index contributed by atoms with van der Waals surface area (Å²) in [5.41, 5.74) is 29.0. The van der Waals surface area contributed by atoms with Crippen molar-refractivity contribution >= 4 is 57.2 Å². The van der Waals surface area contributed by atoms with E-state index in [0.29, 0.717) is 11.8 Å². The molecule has 3 nitrogen and oxygen atoms in total. The van der Waals surface area contributed by atoms with Crippen molar-refractivity contribution in [3.63, 3.8) is 0 Å². The van der Waals surface area contributed by atoms with E-state index in [0.717, 1.165) is 22.5 Å². The molecule has 0 N–H and O–H groups in total. The third-order valence-corrected chi connectivity index (χ3v) is 20.3. The van der Waals surface area contributed by atoms with Crippen LogP contribution in [0.25, 0.3) is 33.6 Å². The Hall–Kier alpha value is -6.65. The van der Waals surface area contributed by atoms with Crippen molar-refractivity contribution in [3.8, 4) is 33.6 Å². The van der Waals surface area contributed by atoms with Crippen molar-refractivity contribution in [1.82, 2.24) is 4.98 Å². The Bertz CT molecular complexity index is 3570. The molecule has 4 aliphatic rings. The topological polar surface area (TPSA) is 19.4 Å². The van der Waals surface area contributed by atoms with Crippen LogP contribution in [0.4, 0.5) is 34.1 Å². The molecule has 0 saturated heterocycles. The molecule has 0 atom stereocenters. The van der Waals surface area contributed by atoms with Crippen LogP contribution in [0.2, 0.25) is 0 Å². The van der Waals surface area contributed by atoms with E-state index in [-0.39, 0.29) is 39.2 Å². The van der Waals surface area contributed by atoms with Crippen LogP contribution in [-0.2, 0) is 32.5 Å². The van der Waals surface area contributed by atoms with Crippen LogP contribution in [0, 0.1) is 0 Å². The van der Waals surface area contributed by atoms with E-state index >= 15 is 0 Å². The molecule has 2 saturated carbocycles. The van der Waals surface area contributed by atoms with E-state index in [4.69, 9.17) is 4.98 Å². The van der Waals surface area contributed by atoms with E-state index in [1.165, 1.54) is 170 Å². The van der Waals surface area contributed by atoms with Gasteiger partial charge in [0.1, 0.15) is 0 Å². The van der Waals surface area contributed by atoms with Gasteiger partial charge in [-0.15, -0.1) is 0 Å². The molecule has 87 heavy (non-hydrogen) atoms. The number of pyridine rings is 1. The lowest BCUT2D eigenvalue weighted by atomic mass is 9.33. The zero-order valence-electron chi connectivity index (χ0n) is 56.5. The fourth-order valence-corrected chi connectivity index (χ4v) is 14.6. The van der Waals surface area contributed by atoms with Crippen molar-refractivity contribution in [3.05, 3.63) is 190 Å². The van der Waals surface area contributed by atoms with Crippen LogP contribution in [0.5, 0.6) is 0 Å². The second kappa shape index (κ2) is 22.1. The number of hydrogen-bond donors (Lipinski definition) is 0. The summed E-state index contributed by atoms with van der Waals surface area (Å²) < 4.78 is 0. The van der Waals surface area contributed by atoms with E-state index in [9.17, 15) is 0 Å². The summed E-state index contributed by atoms with van der Waals surface area (Å²) >= 11 is 0. The first kappa shape index (κ1) is 60.6. The van der Waals surface area contributed by atoms with E-state index < -0.39 is 0 Å². The van der Waals surface area contributed by atoms with Gasteiger partial charge in [-0.3, -0.25) is 0 Å². The molecular weight excluding hydrogens is 1050 g/mol. The first-order valence-corrected chi connectivity index (χ1v) is 33.5. The third-order valence-electron chi connectivity index (χ3n) is 20.3. The highest BCUT2D eigenvalue weighted by molar-refractivity contribution is 7.00. The van der Waals surface area contributed by atoms with Crippen molar-refractivity contribution in [2.45, 2.75) is 233 Å². The summed E-state index contributed by atoms with van der Waals surface area (Å²) in [7, 11) is 0. The molecule has 450 valence electrons. The molecule has 0 spiro atoms. The van der Waals surface area contributed by atoms with Gasteiger partial charge in [-0.2, -0.15) is 0 Å². The molecule has 1 aromatic heterocycles. The number of rotatable bonds is 7. The van der Waals surface area contributed by atoms with Crippen molar-refractivity contribution in [2.75, 3.05) is 9.80 Å². The van der Waals surface area contributed by atoms with Gasteiger partial charge in [0.2, 0.25) is 0 Å². The summed E-state index contributed by atoms with van der Waals surface area (Å²) in [4.78, 5) is 11.3. The van der Waals surface area contributed by atoms with Gasteiger partial charge in [0.15, 0.2) is 0 Å². The largest absolute Gasteiger partial charge is 0.311 e. The maximum atomic E-state index is 6.00. The minimum absolute atomic E-state index is 0.00861. The van der Waals surface area contributed by atoms with Crippen LogP contribution < -0.4 is 26.2 Å². The molecule has 0 amide bonds. The van der Waals surface area contributed by atoms with Crippen LogP contribution in [0.1, 0.15) is 245 Å². The van der Waals surface area contributed by atoms with Crippen molar-refractivity contribution < 1.29 is 0 Å². The summed E-state index contributed by atoms with van der Waals surface area (Å²) in [5, 5.41) is 0. The number of anilines is 6. The Morgan fingerprint density at radius 2 is 0.632 bits per heavy atom. The van der Waals surface area contributed by atoms with Gasteiger partial charge in [0.05, 0.1) is 11.4 Å². The van der Waals surface area contributed by atoms with Crippen LogP contribution >= 0.6 is 0 Å². The predicted octanol–water partition coefficient (Wildman–Crippen LogP) is 22.0. The van der Waals surface area contributed by atoms with Crippen molar-refractivity contribution in [1.29, 1.82) is 0 Å². The zero-order valence-corrected chi connectivity index (χ0v) is 56.5. The Kier molecular flexibility index (Phi) is 15.4. The monoisotopic (exact) mass is 1150 g/mol. The molecule has 0 bridgehead atoms. The fourth-order valence-electron chi connectivity index (χ4n) is 14.6. The molecule has 8 aromatic rings. The standard InChI is InChI=1S/C83H100BN3/c1-78(2,3)61-31-35-67(36-32-61)86-73-39-29-55(53-25-21-19-22-26-53)45-69(73)84-70-46-56(54-27-23-20-24-28-54)30-40-74(70)87(68-37-33-62(34-38-68)79(4,5)6)76-50-60(49-75(86)77(76)84)72-48-58(57-41-63(80(7,8)9)51-64(42-57)81(10,11)12)47-71(85-72)59-43-65(82(13,14)15)52-66(44-59)83(16,17)18/h29-54H,19-28H2,1-18H3. The molecule has 7 aromatic carbocycles. The summed E-state index contributed by atoms with van der Waals surface area (Å²) in [5.74, 6) is 1.14. The Labute approximate surface area is 526 Å². The average molecular weight is 1150 g/mol. The van der Waals surface area contributed by atoms with Crippen LogP contribution in [0.3, 0.4) is 0 Å². The maximum Gasteiger partial charge on any atom is 0.252 e. The lowest BCUT2D eigenvalue weighted by Gasteiger charge is -2.45. The van der Waals surface area contributed by atoms with Crippen LogP contribution in [-0.4, -0.2) is 11.7 Å². The molecule has 4 heteroatoms. The number of fused-ring (bicyclic) bond motifs is 4. The van der Waals surface area contributed by atoms with Gasteiger partial charge in [-0.1, -0.05) is 236 Å². The van der Waals surface area contributed by atoms with Gasteiger partial charge >= 0.3 is 0 Å². The SMILES string of the molecule is CC(C)(C)c1ccc(N2c3ccc(C4CCCCC4)cc3B3c4cc(C5CCCCC5)ccc4N(c4ccc(C(C)(C)C)cc4)c4cc(-c5cc(-c6cc(C(C)(C)C)cc(C(C)(C)C)c6)cc(-c6cc(C(C)(C)C)cc(C(C)(C)C)c6)n5)cc2c43)cc1. The van der Waals surface area contributed by atoms with E-state index in [2.05, 4.69) is 280 Å². The summed E-state index contributed by atoms with van der Waals surface area (Å²) in [6.45, 7) is 42.2. The molecule has 0 radical (unpaired) electrons. The lowest BCUT2D eigenvalue weighted by Crippen LogP contribution is -2.61. The van der Waals surface area contributed by atoms with E-state index in [1.807, 2.05) is 0 Å². The molecule has 0 unspecified atom stereocenters. The quantitative estimate of drug-likeness (QED) is 0.148.